The van der Waals surface area contributed by atoms with Crippen molar-refractivity contribution in [3.63, 3.8) is 0 Å². The molecule has 1 heterocycles. The zero-order chi connectivity index (χ0) is 15.3. The van der Waals surface area contributed by atoms with E-state index in [1.165, 1.54) is 25.7 Å². The first-order chi connectivity index (χ1) is 9.94. The zero-order valence-corrected chi connectivity index (χ0v) is 13.8. The predicted octanol–water partition coefficient (Wildman–Crippen LogP) is 1.10. The summed E-state index contributed by atoms with van der Waals surface area (Å²) in [6.07, 6.45) is 6.49. The van der Waals surface area contributed by atoms with E-state index in [4.69, 9.17) is 0 Å². The number of hydrogen-bond acceptors (Lipinski definition) is 4. The quantitative estimate of drug-likeness (QED) is 0.796. The SMILES string of the molecule is CC1CCC(CCNC(=O)CC2CS(=O)(=O)CCN2)CC1. The molecule has 6 heteroatoms. The van der Waals surface area contributed by atoms with Crippen LogP contribution in [0.4, 0.5) is 0 Å². The lowest BCUT2D eigenvalue weighted by atomic mass is 9.81. The van der Waals surface area contributed by atoms with Gasteiger partial charge in [-0.15, -0.1) is 0 Å². The Labute approximate surface area is 128 Å². The van der Waals surface area contributed by atoms with Crippen molar-refractivity contribution in [3.05, 3.63) is 0 Å². The van der Waals surface area contributed by atoms with E-state index < -0.39 is 9.84 Å². The summed E-state index contributed by atoms with van der Waals surface area (Å²) in [5.41, 5.74) is 0. The highest BCUT2D eigenvalue weighted by atomic mass is 32.2. The normalized spacial score (nSPS) is 32.5. The molecule has 1 amide bonds. The van der Waals surface area contributed by atoms with Crippen molar-refractivity contribution in [2.24, 2.45) is 11.8 Å². The van der Waals surface area contributed by atoms with Gasteiger partial charge >= 0.3 is 0 Å². The second-order valence-electron chi connectivity index (χ2n) is 6.73. The number of amides is 1. The second kappa shape index (κ2) is 7.58. The summed E-state index contributed by atoms with van der Waals surface area (Å²) in [5, 5.41) is 6.05. The van der Waals surface area contributed by atoms with Gasteiger partial charge in [-0.1, -0.05) is 32.6 Å². The Balaban J connectivity index is 1.61. The first kappa shape index (κ1) is 16.7. The van der Waals surface area contributed by atoms with E-state index in [-0.39, 0.29) is 29.9 Å². The molecule has 0 bridgehead atoms. The molecule has 0 aromatic carbocycles. The molecular formula is C15H28N2O3S. The van der Waals surface area contributed by atoms with E-state index >= 15 is 0 Å². The van der Waals surface area contributed by atoms with E-state index in [1.54, 1.807) is 0 Å². The fraction of sp³-hybridized carbons (Fsp3) is 0.933. The number of sulfone groups is 1. The van der Waals surface area contributed by atoms with Gasteiger partial charge in [0.15, 0.2) is 9.84 Å². The van der Waals surface area contributed by atoms with E-state index in [9.17, 15) is 13.2 Å². The second-order valence-corrected chi connectivity index (χ2v) is 8.96. The number of nitrogens with one attached hydrogen (secondary N) is 2. The van der Waals surface area contributed by atoms with E-state index in [0.717, 1.165) is 24.8 Å². The first-order valence-corrected chi connectivity index (χ1v) is 9.97. The van der Waals surface area contributed by atoms with Crippen LogP contribution in [0, 0.1) is 11.8 Å². The van der Waals surface area contributed by atoms with Gasteiger partial charge < -0.3 is 10.6 Å². The zero-order valence-electron chi connectivity index (χ0n) is 12.9. The third-order valence-electron chi connectivity index (χ3n) is 4.74. The summed E-state index contributed by atoms with van der Waals surface area (Å²) in [6, 6.07) is -0.223. The number of rotatable bonds is 5. The molecule has 5 nitrogen and oxygen atoms in total. The Hall–Kier alpha value is -0.620. The molecule has 21 heavy (non-hydrogen) atoms. The molecule has 1 saturated carbocycles. The molecule has 122 valence electrons. The monoisotopic (exact) mass is 316 g/mol. The lowest BCUT2D eigenvalue weighted by Crippen LogP contribution is -2.47. The Morgan fingerprint density at radius 1 is 1.24 bits per heavy atom. The predicted molar refractivity (Wildman–Crippen MR) is 83.8 cm³/mol. The highest BCUT2D eigenvalue weighted by Gasteiger charge is 2.26. The van der Waals surface area contributed by atoms with Crippen LogP contribution in [0.1, 0.15) is 45.4 Å². The average molecular weight is 316 g/mol. The van der Waals surface area contributed by atoms with Crippen molar-refractivity contribution in [1.82, 2.24) is 10.6 Å². The maximum Gasteiger partial charge on any atom is 0.221 e. The van der Waals surface area contributed by atoms with Crippen LogP contribution in [-0.4, -0.2) is 45.0 Å². The van der Waals surface area contributed by atoms with Crippen LogP contribution in [-0.2, 0) is 14.6 Å². The fourth-order valence-electron chi connectivity index (χ4n) is 3.33. The van der Waals surface area contributed by atoms with Gasteiger partial charge in [-0.05, 0) is 18.3 Å². The Bertz CT molecular complexity index is 442. The summed E-state index contributed by atoms with van der Waals surface area (Å²) in [6.45, 7) is 3.49. The smallest absolute Gasteiger partial charge is 0.221 e. The van der Waals surface area contributed by atoms with Gasteiger partial charge in [0.05, 0.1) is 11.5 Å². The van der Waals surface area contributed by atoms with E-state index in [2.05, 4.69) is 17.6 Å². The van der Waals surface area contributed by atoms with Crippen molar-refractivity contribution in [3.8, 4) is 0 Å². The third kappa shape index (κ3) is 5.94. The van der Waals surface area contributed by atoms with Crippen LogP contribution in [0.3, 0.4) is 0 Å². The minimum absolute atomic E-state index is 0.0335. The lowest BCUT2D eigenvalue weighted by Gasteiger charge is -2.26. The van der Waals surface area contributed by atoms with Crippen LogP contribution in [0.25, 0.3) is 0 Å². The maximum absolute atomic E-state index is 11.9. The van der Waals surface area contributed by atoms with Crippen LogP contribution in [0.5, 0.6) is 0 Å². The molecule has 1 atom stereocenters. The summed E-state index contributed by atoms with van der Waals surface area (Å²) in [5.74, 6) is 1.84. The molecule has 2 N–H and O–H groups in total. The maximum atomic E-state index is 11.9. The topological polar surface area (TPSA) is 75.3 Å². The summed E-state index contributed by atoms with van der Waals surface area (Å²) < 4.78 is 23.0. The van der Waals surface area contributed by atoms with Gasteiger partial charge in [0.1, 0.15) is 0 Å². The van der Waals surface area contributed by atoms with Crippen LogP contribution >= 0.6 is 0 Å². The number of carbonyl (C=O) groups is 1. The van der Waals surface area contributed by atoms with Crippen LogP contribution in [0.15, 0.2) is 0 Å². The first-order valence-electron chi connectivity index (χ1n) is 8.15. The minimum atomic E-state index is -2.96. The Morgan fingerprint density at radius 2 is 1.95 bits per heavy atom. The highest BCUT2D eigenvalue weighted by Crippen LogP contribution is 2.29. The minimum Gasteiger partial charge on any atom is -0.356 e. The largest absolute Gasteiger partial charge is 0.356 e. The van der Waals surface area contributed by atoms with Crippen molar-refractivity contribution in [2.75, 3.05) is 24.6 Å². The number of hydrogen-bond donors (Lipinski definition) is 2. The van der Waals surface area contributed by atoms with Gasteiger partial charge in [0, 0.05) is 25.6 Å². The Morgan fingerprint density at radius 3 is 2.62 bits per heavy atom. The van der Waals surface area contributed by atoms with Crippen molar-refractivity contribution < 1.29 is 13.2 Å². The van der Waals surface area contributed by atoms with Gasteiger partial charge in [-0.3, -0.25) is 4.79 Å². The molecule has 2 rings (SSSR count). The van der Waals surface area contributed by atoms with Crippen LogP contribution < -0.4 is 10.6 Å². The average Bonchev–Trinajstić information content (AvgIpc) is 2.40. The molecule has 0 aromatic rings. The summed E-state index contributed by atoms with van der Waals surface area (Å²) in [7, 11) is -2.96. The lowest BCUT2D eigenvalue weighted by molar-refractivity contribution is -0.121. The molecule has 1 aliphatic carbocycles. The van der Waals surface area contributed by atoms with E-state index in [0.29, 0.717) is 6.54 Å². The molecule has 1 unspecified atom stereocenters. The van der Waals surface area contributed by atoms with Gasteiger partial charge in [-0.25, -0.2) is 8.42 Å². The number of carbonyl (C=O) groups excluding carboxylic acids is 1. The highest BCUT2D eigenvalue weighted by molar-refractivity contribution is 7.91. The molecular weight excluding hydrogens is 288 g/mol. The van der Waals surface area contributed by atoms with Crippen molar-refractivity contribution >= 4 is 15.7 Å². The van der Waals surface area contributed by atoms with Gasteiger partial charge in [0.25, 0.3) is 0 Å². The Kier molecular flexibility index (Phi) is 6.05. The summed E-state index contributed by atoms with van der Waals surface area (Å²) >= 11 is 0. The van der Waals surface area contributed by atoms with Crippen molar-refractivity contribution in [2.45, 2.75) is 51.5 Å². The molecule has 1 saturated heterocycles. The molecule has 1 aliphatic heterocycles. The van der Waals surface area contributed by atoms with Crippen molar-refractivity contribution in [1.29, 1.82) is 0 Å². The molecule has 0 aromatic heterocycles. The summed E-state index contributed by atoms with van der Waals surface area (Å²) in [4.78, 5) is 11.9. The van der Waals surface area contributed by atoms with Gasteiger partial charge in [-0.2, -0.15) is 0 Å². The fourth-order valence-corrected chi connectivity index (χ4v) is 4.77. The van der Waals surface area contributed by atoms with E-state index in [1.807, 2.05) is 0 Å². The van der Waals surface area contributed by atoms with Crippen LogP contribution in [0.2, 0.25) is 0 Å². The molecule has 0 spiro atoms. The molecule has 0 radical (unpaired) electrons. The van der Waals surface area contributed by atoms with Gasteiger partial charge in [0.2, 0.25) is 5.91 Å². The molecule has 2 aliphatic rings. The standard InChI is InChI=1S/C15H28N2O3S/c1-12-2-4-13(5-3-12)6-7-17-15(18)10-14-11-21(19,20)9-8-16-14/h12-14,16H,2-11H2,1H3,(H,17,18). The molecule has 2 fully saturated rings. The third-order valence-corrected chi connectivity index (χ3v) is 6.48.